The predicted molar refractivity (Wildman–Crippen MR) is 106 cm³/mol. The zero-order valence-corrected chi connectivity index (χ0v) is 16.6. The van der Waals surface area contributed by atoms with E-state index in [1.165, 1.54) is 29.6 Å². The molecule has 0 radical (unpaired) electrons. The normalized spacial score (nSPS) is 11.6. The van der Waals surface area contributed by atoms with Gasteiger partial charge in [0.05, 0.1) is 11.1 Å². The van der Waals surface area contributed by atoms with Crippen LogP contribution in [0.4, 0.5) is 5.00 Å². The van der Waals surface area contributed by atoms with E-state index in [4.69, 9.17) is 10.00 Å². The molecule has 0 aromatic carbocycles. The summed E-state index contributed by atoms with van der Waals surface area (Å²) in [5.74, 6) is -1.02. The second-order valence-electron chi connectivity index (χ2n) is 5.87. The number of nitriles is 1. The molecule has 0 saturated heterocycles. The lowest BCUT2D eigenvalue weighted by Crippen LogP contribution is -2.30. The fourth-order valence-electron chi connectivity index (χ4n) is 2.48. The lowest BCUT2D eigenvalue weighted by molar-refractivity contribution is -0.123. The molecule has 0 aliphatic rings. The van der Waals surface area contributed by atoms with Gasteiger partial charge >= 0.3 is 5.97 Å². The van der Waals surface area contributed by atoms with E-state index >= 15 is 0 Å². The molecule has 3 aromatic rings. The van der Waals surface area contributed by atoms with Crippen molar-refractivity contribution in [3.8, 4) is 11.1 Å². The number of rotatable bonds is 5. The molecule has 138 valence electrons. The van der Waals surface area contributed by atoms with Crippen LogP contribution in [0.3, 0.4) is 0 Å². The molecule has 3 heterocycles. The number of nitrogens with zero attached hydrogens (tertiary/aromatic N) is 2. The number of esters is 1. The molecule has 0 bridgehead atoms. The first-order valence-electron chi connectivity index (χ1n) is 8.15. The molecule has 27 heavy (non-hydrogen) atoms. The van der Waals surface area contributed by atoms with Crippen LogP contribution in [0.2, 0.25) is 0 Å². The van der Waals surface area contributed by atoms with Crippen molar-refractivity contribution >= 4 is 39.6 Å². The minimum Gasteiger partial charge on any atom is -0.449 e. The minimum absolute atomic E-state index is 0.381. The third-order valence-electron chi connectivity index (χ3n) is 4.09. The number of carbonyl (C=O) groups is 2. The summed E-state index contributed by atoms with van der Waals surface area (Å²) in [5, 5.41) is 14.6. The predicted octanol–water partition coefficient (Wildman–Crippen LogP) is 4.27. The van der Waals surface area contributed by atoms with Crippen LogP contribution in [0.25, 0.3) is 5.00 Å². The van der Waals surface area contributed by atoms with Gasteiger partial charge in [-0.25, -0.2) is 4.79 Å². The molecule has 1 atom stereocenters. The molecular weight excluding hydrogens is 382 g/mol. The number of ether oxygens (including phenoxy) is 1. The van der Waals surface area contributed by atoms with Gasteiger partial charge in [0.1, 0.15) is 16.1 Å². The third-order valence-corrected chi connectivity index (χ3v) is 6.14. The van der Waals surface area contributed by atoms with Crippen molar-refractivity contribution in [2.24, 2.45) is 0 Å². The largest absolute Gasteiger partial charge is 0.449 e. The molecule has 1 amide bonds. The number of aromatic nitrogens is 1. The molecule has 1 N–H and O–H groups in total. The van der Waals surface area contributed by atoms with Crippen LogP contribution in [-0.2, 0) is 9.53 Å². The van der Waals surface area contributed by atoms with Crippen molar-refractivity contribution in [1.29, 1.82) is 5.26 Å². The zero-order valence-electron chi connectivity index (χ0n) is 15.0. The van der Waals surface area contributed by atoms with E-state index in [0.717, 1.165) is 15.4 Å². The zero-order chi connectivity index (χ0) is 19.6. The van der Waals surface area contributed by atoms with Crippen LogP contribution in [0.15, 0.2) is 36.0 Å². The summed E-state index contributed by atoms with van der Waals surface area (Å²) in [6, 6.07) is 7.39. The molecule has 0 saturated carbocycles. The Morgan fingerprint density at radius 2 is 2.00 bits per heavy atom. The Morgan fingerprint density at radius 1 is 1.30 bits per heavy atom. The maximum absolute atomic E-state index is 12.8. The van der Waals surface area contributed by atoms with E-state index in [1.54, 1.807) is 11.4 Å². The Kier molecular flexibility index (Phi) is 5.44. The Labute approximate surface area is 164 Å². The van der Waals surface area contributed by atoms with Gasteiger partial charge in [-0.05, 0) is 49.9 Å². The fraction of sp³-hybridized carbons (Fsp3) is 0.211. The lowest BCUT2D eigenvalue weighted by Gasteiger charge is -2.14. The summed E-state index contributed by atoms with van der Waals surface area (Å²) >= 11 is 2.74. The van der Waals surface area contributed by atoms with Crippen LogP contribution in [0.5, 0.6) is 0 Å². The minimum atomic E-state index is -0.997. The van der Waals surface area contributed by atoms with Gasteiger partial charge in [-0.3, -0.25) is 4.79 Å². The van der Waals surface area contributed by atoms with E-state index in [-0.39, 0.29) is 0 Å². The summed E-state index contributed by atoms with van der Waals surface area (Å²) in [7, 11) is 0. The highest BCUT2D eigenvalue weighted by atomic mass is 32.1. The van der Waals surface area contributed by atoms with E-state index in [2.05, 4.69) is 5.32 Å². The Morgan fingerprint density at radius 3 is 2.67 bits per heavy atom. The van der Waals surface area contributed by atoms with Gasteiger partial charge in [0.25, 0.3) is 5.91 Å². The Hall–Kier alpha value is -2.89. The van der Waals surface area contributed by atoms with E-state index < -0.39 is 18.0 Å². The summed E-state index contributed by atoms with van der Waals surface area (Å²) in [6.45, 7) is 5.32. The van der Waals surface area contributed by atoms with Crippen LogP contribution in [-0.4, -0.2) is 22.5 Å². The molecule has 6 nitrogen and oxygen atoms in total. The quantitative estimate of drug-likeness (QED) is 0.649. The second-order valence-corrected chi connectivity index (χ2v) is 7.99. The van der Waals surface area contributed by atoms with Crippen molar-refractivity contribution in [1.82, 2.24) is 4.57 Å². The lowest BCUT2D eigenvalue weighted by atomic mass is 10.1. The summed E-state index contributed by atoms with van der Waals surface area (Å²) in [4.78, 5) is 26.1. The van der Waals surface area contributed by atoms with Crippen molar-refractivity contribution in [3.63, 3.8) is 0 Å². The van der Waals surface area contributed by atoms with Gasteiger partial charge in [-0.2, -0.15) is 5.26 Å². The van der Waals surface area contributed by atoms with Gasteiger partial charge in [0, 0.05) is 17.3 Å². The van der Waals surface area contributed by atoms with Crippen molar-refractivity contribution < 1.29 is 14.3 Å². The van der Waals surface area contributed by atoms with Crippen molar-refractivity contribution in [2.45, 2.75) is 26.9 Å². The number of aryl methyl sites for hydroxylation is 1. The smallest absolute Gasteiger partial charge is 0.342 e. The van der Waals surface area contributed by atoms with Crippen molar-refractivity contribution in [2.75, 3.05) is 5.32 Å². The number of hydrogen-bond donors (Lipinski definition) is 1. The number of carbonyl (C=O) groups excluding carboxylic acids is 2. The number of amides is 1. The third kappa shape index (κ3) is 3.79. The molecular formula is C19H17N3O3S2. The van der Waals surface area contributed by atoms with E-state index in [1.807, 2.05) is 49.0 Å². The Bertz CT molecular complexity index is 1030. The average molecular weight is 399 g/mol. The van der Waals surface area contributed by atoms with Crippen LogP contribution in [0, 0.1) is 25.2 Å². The molecule has 0 aliphatic carbocycles. The van der Waals surface area contributed by atoms with Crippen LogP contribution < -0.4 is 5.32 Å². The Balaban J connectivity index is 1.78. The highest BCUT2D eigenvalue weighted by Gasteiger charge is 2.26. The number of thiophene rings is 2. The summed E-state index contributed by atoms with van der Waals surface area (Å²) < 4.78 is 7.28. The fourth-order valence-corrected chi connectivity index (χ4v) is 4.33. The first-order valence-corrected chi connectivity index (χ1v) is 9.84. The average Bonchev–Trinajstić information content (AvgIpc) is 3.36. The number of anilines is 1. The molecule has 3 aromatic heterocycles. The highest BCUT2D eigenvalue weighted by Crippen LogP contribution is 2.32. The molecule has 0 aliphatic heterocycles. The van der Waals surface area contributed by atoms with Gasteiger partial charge in [0.2, 0.25) is 0 Å². The molecule has 8 heteroatoms. The number of nitrogens with one attached hydrogen (secondary N) is 1. The monoisotopic (exact) mass is 399 g/mol. The molecule has 3 rings (SSSR count). The van der Waals surface area contributed by atoms with Gasteiger partial charge in [-0.1, -0.05) is 0 Å². The molecule has 0 unspecified atom stereocenters. The molecule has 0 spiro atoms. The number of hydrogen-bond acceptors (Lipinski definition) is 6. The maximum atomic E-state index is 12.8. The standard InChI is InChI=1S/C19H17N3O3S2/c1-11-13(3)27-18(22-7-4-5-8-22)15(11)19(24)25-12(2)16(23)21-17-14(10-20)6-9-26-17/h4-9,12H,1-3H3,(H,21,23)/t12-/m0/s1. The first kappa shape index (κ1) is 18.9. The topological polar surface area (TPSA) is 84.1 Å². The van der Waals surface area contributed by atoms with Crippen LogP contribution >= 0.6 is 22.7 Å². The highest BCUT2D eigenvalue weighted by molar-refractivity contribution is 7.15. The summed E-state index contributed by atoms with van der Waals surface area (Å²) in [6.07, 6.45) is 2.72. The van der Waals surface area contributed by atoms with Gasteiger partial charge in [-0.15, -0.1) is 22.7 Å². The molecule has 0 fully saturated rings. The maximum Gasteiger partial charge on any atom is 0.342 e. The van der Waals surface area contributed by atoms with Crippen molar-refractivity contribution in [3.05, 3.63) is 57.5 Å². The van der Waals surface area contributed by atoms with Crippen LogP contribution in [0.1, 0.15) is 33.3 Å². The SMILES string of the molecule is Cc1sc(-n2cccc2)c(C(=O)O[C@@H](C)C(=O)Nc2sccc2C#N)c1C. The first-order chi connectivity index (χ1) is 12.9. The van der Waals surface area contributed by atoms with E-state index in [9.17, 15) is 9.59 Å². The summed E-state index contributed by atoms with van der Waals surface area (Å²) in [5.41, 5.74) is 1.68. The van der Waals surface area contributed by atoms with E-state index in [0.29, 0.717) is 16.1 Å². The van der Waals surface area contributed by atoms with Gasteiger partial charge < -0.3 is 14.6 Å². The second kappa shape index (κ2) is 7.78. The van der Waals surface area contributed by atoms with Gasteiger partial charge in [0.15, 0.2) is 6.10 Å².